The van der Waals surface area contributed by atoms with Crippen LogP contribution in [0.5, 0.6) is 0 Å². The summed E-state index contributed by atoms with van der Waals surface area (Å²) >= 11 is 5.82. The molecule has 0 spiro atoms. The van der Waals surface area contributed by atoms with Crippen LogP contribution in [0.3, 0.4) is 0 Å². The summed E-state index contributed by atoms with van der Waals surface area (Å²) in [4.78, 5) is 39.1. The SMILES string of the molecule is CC(C)[C@@H](NC(=O)OC(C)(C)C)c1ncc(Cl)cc1C(=O)C(=O)O. The number of carbonyl (C=O) groups excluding carboxylic acids is 2. The van der Waals surface area contributed by atoms with E-state index >= 15 is 0 Å². The number of ketones is 1. The third-order valence-corrected chi connectivity index (χ3v) is 3.16. The summed E-state index contributed by atoms with van der Waals surface area (Å²) in [7, 11) is 0. The van der Waals surface area contributed by atoms with E-state index in [4.69, 9.17) is 21.4 Å². The van der Waals surface area contributed by atoms with E-state index in [-0.39, 0.29) is 22.2 Å². The largest absolute Gasteiger partial charge is 0.475 e. The second kappa shape index (κ2) is 7.61. The van der Waals surface area contributed by atoms with E-state index in [1.807, 2.05) is 0 Å². The molecule has 24 heavy (non-hydrogen) atoms. The molecule has 1 amide bonds. The quantitative estimate of drug-likeness (QED) is 0.619. The number of carboxylic acid groups (broad SMARTS) is 1. The average molecular weight is 357 g/mol. The molecule has 0 unspecified atom stereocenters. The molecule has 0 radical (unpaired) electrons. The Labute approximate surface area is 145 Å². The van der Waals surface area contributed by atoms with Gasteiger partial charge >= 0.3 is 12.1 Å². The predicted molar refractivity (Wildman–Crippen MR) is 88.2 cm³/mol. The number of pyridine rings is 1. The molecule has 0 bridgehead atoms. The van der Waals surface area contributed by atoms with Crippen LogP contribution in [0.2, 0.25) is 5.02 Å². The zero-order valence-corrected chi connectivity index (χ0v) is 15.0. The van der Waals surface area contributed by atoms with Gasteiger partial charge in [-0.2, -0.15) is 0 Å². The fourth-order valence-electron chi connectivity index (χ4n) is 1.98. The maximum absolute atomic E-state index is 12.0. The van der Waals surface area contributed by atoms with E-state index in [2.05, 4.69) is 10.3 Å². The number of aromatic nitrogens is 1. The van der Waals surface area contributed by atoms with Gasteiger partial charge in [-0.05, 0) is 32.8 Å². The van der Waals surface area contributed by atoms with Crippen LogP contribution in [-0.4, -0.2) is 33.5 Å². The Hall–Kier alpha value is -2.15. The van der Waals surface area contributed by atoms with Crippen LogP contribution in [-0.2, 0) is 9.53 Å². The lowest BCUT2D eigenvalue weighted by Gasteiger charge is -2.26. The fraction of sp³-hybridized carbons (Fsp3) is 0.500. The Morgan fingerprint density at radius 1 is 1.29 bits per heavy atom. The van der Waals surface area contributed by atoms with Crippen molar-refractivity contribution < 1.29 is 24.2 Å². The maximum Gasteiger partial charge on any atom is 0.408 e. The second-order valence-corrected chi connectivity index (χ2v) is 7.02. The van der Waals surface area contributed by atoms with Crippen molar-refractivity contribution >= 4 is 29.4 Å². The summed E-state index contributed by atoms with van der Waals surface area (Å²) < 4.78 is 5.21. The van der Waals surface area contributed by atoms with Crippen molar-refractivity contribution in [3.63, 3.8) is 0 Å². The van der Waals surface area contributed by atoms with Crippen molar-refractivity contribution in [2.75, 3.05) is 0 Å². The Bertz CT molecular complexity index is 652. The predicted octanol–water partition coefficient (Wildman–Crippen LogP) is 3.22. The van der Waals surface area contributed by atoms with Gasteiger partial charge in [0.05, 0.1) is 22.3 Å². The van der Waals surface area contributed by atoms with Crippen LogP contribution in [0.4, 0.5) is 4.79 Å². The van der Waals surface area contributed by atoms with Crippen LogP contribution in [0.25, 0.3) is 0 Å². The molecule has 1 aromatic rings. The molecule has 1 rings (SSSR count). The first-order valence-corrected chi connectivity index (χ1v) is 7.72. The highest BCUT2D eigenvalue weighted by molar-refractivity contribution is 6.41. The molecule has 1 aromatic heterocycles. The molecule has 0 fully saturated rings. The van der Waals surface area contributed by atoms with Gasteiger partial charge in [-0.25, -0.2) is 9.59 Å². The van der Waals surface area contributed by atoms with Crippen molar-refractivity contribution in [2.24, 2.45) is 5.92 Å². The number of amides is 1. The lowest BCUT2D eigenvalue weighted by atomic mass is 9.95. The number of ether oxygens (including phenoxy) is 1. The zero-order valence-electron chi connectivity index (χ0n) is 14.2. The molecule has 7 nitrogen and oxygen atoms in total. The number of carbonyl (C=O) groups is 3. The van der Waals surface area contributed by atoms with Crippen LogP contribution in [0.1, 0.15) is 56.7 Å². The van der Waals surface area contributed by atoms with Crippen molar-refractivity contribution in [2.45, 2.75) is 46.3 Å². The second-order valence-electron chi connectivity index (χ2n) is 6.59. The Morgan fingerprint density at radius 2 is 1.88 bits per heavy atom. The smallest absolute Gasteiger partial charge is 0.408 e. The van der Waals surface area contributed by atoms with E-state index < -0.39 is 29.5 Å². The molecule has 8 heteroatoms. The third-order valence-electron chi connectivity index (χ3n) is 2.96. The highest BCUT2D eigenvalue weighted by Crippen LogP contribution is 2.26. The van der Waals surface area contributed by atoms with Crippen molar-refractivity contribution in [1.29, 1.82) is 0 Å². The van der Waals surface area contributed by atoms with Gasteiger partial charge in [0.2, 0.25) is 0 Å². The maximum atomic E-state index is 12.0. The molecular formula is C16H21ClN2O5. The van der Waals surface area contributed by atoms with Gasteiger partial charge in [0, 0.05) is 6.20 Å². The number of nitrogens with zero attached hydrogens (tertiary/aromatic N) is 1. The fourth-order valence-corrected chi connectivity index (χ4v) is 2.14. The first kappa shape index (κ1) is 19.9. The van der Waals surface area contributed by atoms with E-state index in [0.29, 0.717) is 0 Å². The molecular weight excluding hydrogens is 336 g/mol. The molecule has 1 atom stereocenters. The Morgan fingerprint density at radius 3 is 2.33 bits per heavy atom. The molecule has 1 heterocycles. The first-order valence-electron chi connectivity index (χ1n) is 7.35. The van der Waals surface area contributed by atoms with Gasteiger partial charge in [-0.15, -0.1) is 0 Å². The first-order chi connectivity index (χ1) is 10.9. The Kier molecular flexibility index (Phi) is 6.31. The summed E-state index contributed by atoms with van der Waals surface area (Å²) in [6, 6.07) is 0.516. The standard InChI is InChI=1S/C16H21ClN2O5/c1-8(2)11(19-15(23)24-16(3,4)5)12-10(13(20)14(21)22)6-9(17)7-18-12/h6-8,11H,1-5H3,(H,19,23)(H,21,22)/t11-/m1/s1. The summed E-state index contributed by atoms with van der Waals surface area (Å²) in [5, 5.41) is 11.7. The van der Waals surface area contributed by atoms with Crippen LogP contribution in [0.15, 0.2) is 12.3 Å². The average Bonchev–Trinajstić information content (AvgIpc) is 2.42. The minimum Gasteiger partial charge on any atom is -0.475 e. The lowest BCUT2D eigenvalue weighted by molar-refractivity contribution is -0.131. The monoisotopic (exact) mass is 356 g/mol. The topological polar surface area (TPSA) is 106 Å². The van der Waals surface area contributed by atoms with E-state index in [1.165, 1.54) is 12.3 Å². The summed E-state index contributed by atoms with van der Waals surface area (Å²) in [5.74, 6) is -2.94. The lowest BCUT2D eigenvalue weighted by Crippen LogP contribution is -2.38. The molecule has 0 aliphatic rings. The zero-order chi connectivity index (χ0) is 18.7. The molecule has 0 saturated carbocycles. The molecule has 2 N–H and O–H groups in total. The third kappa shape index (κ3) is 5.49. The molecule has 0 saturated heterocycles. The number of alkyl carbamates (subject to hydrolysis) is 1. The number of aliphatic carboxylic acids is 1. The van der Waals surface area contributed by atoms with Gasteiger partial charge in [0.1, 0.15) is 5.60 Å². The van der Waals surface area contributed by atoms with Crippen LogP contribution in [0, 0.1) is 5.92 Å². The van der Waals surface area contributed by atoms with E-state index in [1.54, 1.807) is 34.6 Å². The molecule has 0 aromatic carbocycles. The number of nitrogens with one attached hydrogen (secondary N) is 1. The van der Waals surface area contributed by atoms with Gasteiger partial charge in [-0.1, -0.05) is 25.4 Å². The normalized spacial score (nSPS) is 12.6. The van der Waals surface area contributed by atoms with Crippen molar-refractivity contribution in [3.05, 3.63) is 28.5 Å². The number of hydrogen-bond donors (Lipinski definition) is 2. The summed E-state index contributed by atoms with van der Waals surface area (Å²) in [6.45, 7) is 8.76. The minimum absolute atomic E-state index is 0.128. The number of Topliss-reactive ketones (excluding diaryl/α,β-unsaturated/α-hetero) is 1. The highest BCUT2D eigenvalue weighted by atomic mass is 35.5. The summed E-state index contributed by atoms with van der Waals surface area (Å²) in [6.07, 6.45) is 0.605. The molecule has 0 aliphatic heterocycles. The molecule has 0 aliphatic carbocycles. The van der Waals surface area contributed by atoms with Crippen molar-refractivity contribution in [1.82, 2.24) is 10.3 Å². The van der Waals surface area contributed by atoms with Gasteiger partial charge in [-0.3, -0.25) is 9.78 Å². The number of hydrogen-bond acceptors (Lipinski definition) is 5. The minimum atomic E-state index is -1.62. The van der Waals surface area contributed by atoms with Gasteiger partial charge in [0.25, 0.3) is 5.78 Å². The number of rotatable bonds is 5. The number of halogens is 1. The van der Waals surface area contributed by atoms with Crippen LogP contribution < -0.4 is 5.32 Å². The van der Waals surface area contributed by atoms with Crippen LogP contribution >= 0.6 is 11.6 Å². The van der Waals surface area contributed by atoms with Gasteiger partial charge in [0.15, 0.2) is 0 Å². The summed E-state index contributed by atoms with van der Waals surface area (Å²) in [5.41, 5.74) is -0.726. The Balaban J connectivity index is 3.24. The number of carboxylic acids is 1. The van der Waals surface area contributed by atoms with Crippen molar-refractivity contribution in [3.8, 4) is 0 Å². The van der Waals surface area contributed by atoms with E-state index in [9.17, 15) is 14.4 Å². The highest BCUT2D eigenvalue weighted by Gasteiger charge is 2.29. The van der Waals surface area contributed by atoms with Gasteiger partial charge < -0.3 is 15.2 Å². The molecule has 132 valence electrons. The van der Waals surface area contributed by atoms with E-state index in [0.717, 1.165) is 0 Å².